The second kappa shape index (κ2) is 5.39. The van der Waals surface area contributed by atoms with Crippen molar-refractivity contribution >= 4 is 17.9 Å². The van der Waals surface area contributed by atoms with E-state index in [1.54, 1.807) is 0 Å². The van der Waals surface area contributed by atoms with Gasteiger partial charge in [-0.3, -0.25) is 9.59 Å². The quantitative estimate of drug-likeness (QED) is 0.886. The van der Waals surface area contributed by atoms with Crippen molar-refractivity contribution in [3.63, 3.8) is 0 Å². The van der Waals surface area contributed by atoms with E-state index in [-0.39, 0.29) is 17.1 Å². The third-order valence-corrected chi connectivity index (χ3v) is 2.59. The van der Waals surface area contributed by atoms with Gasteiger partial charge in [-0.15, -0.1) is 0 Å². The molecule has 0 aliphatic heterocycles. The number of hydrogen-bond donors (Lipinski definition) is 1. The lowest BCUT2D eigenvalue weighted by atomic mass is 10.1. The molecule has 1 N–H and O–H groups in total. The lowest BCUT2D eigenvalue weighted by molar-refractivity contribution is -0.137. The maximum atomic E-state index is 12.9. The zero-order chi connectivity index (χ0) is 15.6. The van der Waals surface area contributed by atoms with Crippen molar-refractivity contribution in [2.24, 2.45) is 0 Å². The first-order valence-electron chi connectivity index (χ1n) is 5.79. The minimum atomic E-state index is -4.56. The second-order valence-electron chi connectivity index (χ2n) is 4.27. The molecule has 0 atom stereocenters. The summed E-state index contributed by atoms with van der Waals surface area (Å²) in [5.74, 6) is -0.487. The number of anilines is 1. The van der Waals surface area contributed by atoms with Crippen LogP contribution in [0.3, 0.4) is 0 Å². The Balaban J connectivity index is 2.53. The molecule has 110 valence electrons. The minimum absolute atomic E-state index is 0.00804. The summed E-state index contributed by atoms with van der Waals surface area (Å²) in [6.45, 7) is 1.20. The fourth-order valence-electron chi connectivity index (χ4n) is 1.74. The summed E-state index contributed by atoms with van der Waals surface area (Å²) in [6, 6.07) is 3.09. The van der Waals surface area contributed by atoms with Gasteiger partial charge in [-0.1, -0.05) is 0 Å². The van der Waals surface area contributed by atoms with Crippen molar-refractivity contribution in [3.05, 3.63) is 42.0 Å². The van der Waals surface area contributed by atoms with Crippen LogP contribution in [0.4, 0.5) is 18.9 Å². The van der Waals surface area contributed by atoms with E-state index in [0.717, 1.165) is 12.1 Å². The van der Waals surface area contributed by atoms with E-state index in [1.807, 2.05) is 0 Å². The summed E-state index contributed by atoms with van der Waals surface area (Å²) in [5, 5.41) is 2.31. The van der Waals surface area contributed by atoms with E-state index in [9.17, 15) is 22.8 Å². The third kappa shape index (κ3) is 3.47. The molecule has 21 heavy (non-hydrogen) atoms. The van der Waals surface area contributed by atoms with Gasteiger partial charge >= 0.3 is 6.18 Å². The fourth-order valence-corrected chi connectivity index (χ4v) is 1.74. The van der Waals surface area contributed by atoms with Gasteiger partial charge in [0.05, 0.1) is 5.56 Å². The topological polar surface area (TPSA) is 64.0 Å². The molecule has 0 fully saturated rings. The molecular weight excluding hydrogens is 287 g/mol. The molecule has 2 rings (SSSR count). The summed E-state index contributed by atoms with van der Waals surface area (Å²) in [7, 11) is 0. The molecular formula is C13H10F3N3O2. The highest BCUT2D eigenvalue weighted by Gasteiger charge is 2.31. The normalized spacial score (nSPS) is 11.2. The number of nitrogens with one attached hydrogen (secondary N) is 1. The summed E-state index contributed by atoms with van der Waals surface area (Å²) >= 11 is 0. The summed E-state index contributed by atoms with van der Waals surface area (Å²) in [6.07, 6.45) is -1.56. The molecule has 0 unspecified atom stereocenters. The van der Waals surface area contributed by atoms with Crippen LogP contribution in [-0.4, -0.2) is 21.7 Å². The molecule has 1 heterocycles. The number of amides is 1. The lowest BCUT2D eigenvalue weighted by Crippen LogP contribution is -2.10. The standard InChI is InChI=1S/C13H10F3N3O2/c1-8(21)18-10-2-9(13(14,15)16)3-12(4-10)19-5-11(6-20)17-7-19/h2-7H,1H3,(H,18,21). The van der Waals surface area contributed by atoms with Gasteiger partial charge in [0.1, 0.15) is 12.0 Å². The molecule has 0 radical (unpaired) electrons. The van der Waals surface area contributed by atoms with Crippen molar-refractivity contribution in [2.75, 3.05) is 5.32 Å². The SMILES string of the molecule is CC(=O)Nc1cc(-n2cnc(C=O)c2)cc(C(F)(F)F)c1. The van der Waals surface area contributed by atoms with Crippen LogP contribution >= 0.6 is 0 Å². The Hall–Kier alpha value is -2.64. The number of nitrogens with zero attached hydrogens (tertiary/aromatic N) is 2. The average Bonchev–Trinajstić information content (AvgIpc) is 2.85. The maximum Gasteiger partial charge on any atom is 0.416 e. The Morgan fingerprint density at radius 1 is 1.33 bits per heavy atom. The minimum Gasteiger partial charge on any atom is -0.326 e. The number of carbonyl (C=O) groups is 2. The van der Waals surface area contributed by atoms with Crippen molar-refractivity contribution in [3.8, 4) is 5.69 Å². The Morgan fingerprint density at radius 2 is 2.05 bits per heavy atom. The predicted octanol–water partition coefficient (Wildman–Crippen LogP) is 2.66. The van der Waals surface area contributed by atoms with E-state index in [2.05, 4.69) is 10.3 Å². The van der Waals surface area contributed by atoms with Crippen molar-refractivity contribution in [1.29, 1.82) is 0 Å². The van der Waals surface area contributed by atoms with E-state index in [4.69, 9.17) is 0 Å². The number of halogens is 3. The van der Waals surface area contributed by atoms with E-state index >= 15 is 0 Å². The molecule has 0 saturated carbocycles. The van der Waals surface area contributed by atoms with Gasteiger partial charge in [-0.2, -0.15) is 13.2 Å². The van der Waals surface area contributed by atoms with E-state index < -0.39 is 17.6 Å². The Kier molecular flexibility index (Phi) is 3.79. The van der Waals surface area contributed by atoms with Crippen molar-refractivity contribution in [2.45, 2.75) is 13.1 Å². The molecule has 1 aromatic heterocycles. The van der Waals surface area contributed by atoms with Gasteiger partial charge in [0.15, 0.2) is 6.29 Å². The van der Waals surface area contributed by atoms with Gasteiger partial charge in [0.2, 0.25) is 5.91 Å². The Labute approximate surface area is 117 Å². The second-order valence-corrected chi connectivity index (χ2v) is 4.27. The first-order valence-corrected chi connectivity index (χ1v) is 5.79. The molecule has 0 bridgehead atoms. The van der Waals surface area contributed by atoms with Crippen LogP contribution < -0.4 is 5.32 Å². The first-order chi connectivity index (χ1) is 9.79. The van der Waals surface area contributed by atoms with Gasteiger partial charge < -0.3 is 9.88 Å². The van der Waals surface area contributed by atoms with Crippen LogP contribution in [-0.2, 0) is 11.0 Å². The molecule has 0 aliphatic carbocycles. The van der Waals surface area contributed by atoms with Crippen LogP contribution in [0.1, 0.15) is 23.0 Å². The number of rotatable bonds is 3. The highest BCUT2D eigenvalue weighted by molar-refractivity contribution is 5.89. The van der Waals surface area contributed by atoms with Crippen LogP contribution in [0, 0.1) is 0 Å². The molecule has 0 aliphatic rings. The smallest absolute Gasteiger partial charge is 0.326 e. The van der Waals surface area contributed by atoms with Crippen LogP contribution in [0.2, 0.25) is 0 Å². The molecule has 8 heteroatoms. The lowest BCUT2D eigenvalue weighted by Gasteiger charge is -2.12. The maximum absolute atomic E-state index is 12.9. The van der Waals surface area contributed by atoms with Crippen LogP contribution in [0.5, 0.6) is 0 Å². The van der Waals surface area contributed by atoms with Crippen LogP contribution in [0.15, 0.2) is 30.7 Å². The summed E-state index contributed by atoms with van der Waals surface area (Å²) < 4.78 is 39.9. The number of imidazole rings is 1. The number of aromatic nitrogens is 2. The summed E-state index contributed by atoms with van der Waals surface area (Å²) in [5.41, 5.74) is -0.679. The van der Waals surface area contributed by atoms with Gasteiger partial charge in [-0.25, -0.2) is 4.98 Å². The largest absolute Gasteiger partial charge is 0.416 e. The molecule has 0 spiro atoms. The number of alkyl halides is 3. The van der Waals surface area contributed by atoms with Crippen molar-refractivity contribution < 1.29 is 22.8 Å². The average molecular weight is 297 g/mol. The Bertz CT molecular complexity index is 692. The molecule has 0 saturated heterocycles. The third-order valence-electron chi connectivity index (χ3n) is 2.59. The zero-order valence-electron chi connectivity index (χ0n) is 10.8. The molecule has 1 amide bonds. The van der Waals surface area contributed by atoms with Gasteiger partial charge in [-0.05, 0) is 18.2 Å². The molecule has 5 nitrogen and oxygen atoms in total. The molecule has 1 aromatic carbocycles. The molecule has 2 aromatic rings. The number of hydrogen-bond acceptors (Lipinski definition) is 3. The summed E-state index contributed by atoms with van der Waals surface area (Å²) in [4.78, 5) is 25.3. The highest BCUT2D eigenvalue weighted by Crippen LogP contribution is 2.33. The van der Waals surface area contributed by atoms with E-state index in [1.165, 1.54) is 30.1 Å². The number of aldehydes is 1. The predicted molar refractivity (Wildman–Crippen MR) is 68.3 cm³/mol. The fraction of sp³-hybridized carbons (Fsp3) is 0.154. The van der Waals surface area contributed by atoms with Crippen molar-refractivity contribution in [1.82, 2.24) is 9.55 Å². The number of benzene rings is 1. The first kappa shape index (κ1) is 14.8. The zero-order valence-corrected chi connectivity index (χ0v) is 10.8. The van der Waals surface area contributed by atoms with Gasteiger partial charge in [0, 0.05) is 24.5 Å². The Morgan fingerprint density at radius 3 is 2.57 bits per heavy atom. The number of carbonyl (C=O) groups excluding carboxylic acids is 2. The van der Waals surface area contributed by atoms with Gasteiger partial charge in [0.25, 0.3) is 0 Å². The van der Waals surface area contributed by atoms with Crippen LogP contribution in [0.25, 0.3) is 5.69 Å². The highest BCUT2D eigenvalue weighted by atomic mass is 19.4. The van der Waals surface area contributed by atoms with E-state index in [0.29, 0.717) is 6.29 Å². The monoisotopic (exact) mass is 297 g/mol.